The third-order valence-corrected chi connectivity index (χ3v) is 5.32. The average molecular weight is 440 g/mol. The Kier molecular flexibility index (Phi) is 6.39. The van der Waals surface area contributed by atoms with Crippen LogP contribution >= 0.6 is 0 Å². The number of methoxy groups -OCH3 is 2. The van der Waals surface area contributed by atoms with Gasteiger partial charge >= 0.3 is 0 Å². The van der Waals surface area contributed by atoms with E-state index in [1.807, 2.05) is 0 Å². The van der Waals surface area contributed by atoms with Crippen LogP contribution < -0.4 is 9.47 Å². The molecule has 3 aromatic rings. The van der Waals surface area contributed by atoms with E-state index < -0.39 is 0 Å². The molecule has 0 N–H and O–H groups in total. The highest BCUT2D eigenvalue weighted by atomic mass is 16.5. The lowest BCUT2D eigenvalue weighted by Crippen LogP contribution is -2.50. The molecule has 10 nitrogen and oxygen atoms in total. The molecule has 4 rings (SSSR count). The third-order valence-electron chi connectivity index (χ3n) is 5.32. The Labute approximate surface area is 184 Å². The van der Waals surface area contributed by atoms with E-state index in [2.05, 4.69) is 10.1 Å². The zero-order chi connectivity index (χ0) is 22.5. The minimum absolute atomic E-state index is 0.0168. The second-order valence-corrected chi connectivity index (χ2v) is 7.23. The normalized spacial score (nSPS) is 13.8. The predicted molar refractivity (Wildman–Crippen MR) is 112 cm³/mol. The minimum atomic E-state index is -0.132. The van der Waals surface area contributed by atoms with E-state index in [1.165, 1.54) is 13.4 Å². The van der Waals surface area contributed by atoms with Crippen LogP contribution in [0, 0.1) is 0 Å². The first-order valence-electron chi connectivity index (χ1n) is 10.2. The Hall–Kier alpha value is -3.82. The SMILES string of the molecule is COc1ccc(C(=O)N2CCN(C(=O)CCc3nc(-c4ccco4)no3)CC2)c(OC)c1. The summed E-state index contributed by atoms with van der Waals surface area (Å²) in [5.41, 5.74) is 0.469. The van der Waals surface area contributed by atoms with Crippen molar-refractivity contribution in [1.29, 1.82) is 0 Å². The van der Waals surface area contributed by atoms with Crippen LogP contribution in [0.1, 0.15) is 22.7 Å². The molecule has 0 aliphatic carbocycles. The highest BCUT2D eigenvalue weighted by Gasteiger charge is 2.27. The fourth-order valence-corrected chi connectivity index (χ4v) is 3.54. The molecule has 0 spiro atoms. The summed E-state index contributed by atoms with van der Waals surface area (Å²) in [7, 11) is 3.08. The van der Waals surface area contributed by atoms with Crippen molar-refractivity contribution >= 4 is 11.8 Å². The number of nitrogens with zero attached hydrogens (tertiary/aromatic N) is 4. The van der Waals surface area contributed by atoms with Crippen molar-refractivity contribution in [3.8, 4) is 23.1 Å². The molecule has 1 aliphatic heterocycles. The first-order chi connectivity index (χ1) is 15.6. The van der Waals surface area contributed by atoms with Gasteiger partial charge in [0.2, 0.25) is 17.6 Å². The fraction of sp³-hybridized carbons (Fsp3) is 0.364. The maximum atomic E-state index is 12.9. The van der Waals surface area contributed by atoms with Crippen molar-refractivity contribution < 1.29 is 28.0 Å². The number of piperazine rings is 1. The number of ether oxygens (including phenoxy) is 2. The Balaban J connectivity index is 1.29. The number of carbonyl (C=O) groups is 2. The number of furan rings is 1. The van der Waals surface area contributed by atoms with Crippen LogP contribution in [0.25, 0.3) is 11.6 Å². The number of hydrogen-bond acceptors (Lipinski definition) is 8. The number of amides is 2. The number of aromatic nitrogens is 2. The third kappa shape index (κ3) is 4.58. The van der Waals surface area contributed by atoms with Crippen LogP contribution in [0.3, 0.4) is 0 Å². The van der Waals surface area contributed by atoms with Gasteiger partial charge in [0.25, 0.3) is 5.91 Å². The summed E-state index contributed by atoms with van der Waals surface area (Å²) in [6.45, 7) is 1.82. The van der Waals surface area contributed by atoms with E-state index >= 15 is 0 Å². The van der Waals surface area contributed by atoms with Gasteiger partial charge in [0, 0.05) is 45.1 Å². The van der Waals surface area contributed by atoms with Gasteiger partial charge in [0.05, 0.1) is 26.0 Å². The van der Waals surface area contributed by atoms with Crippen LogP contribution in [0.5, 0.6) is 11.5 Å². The van der Waals surface area contributed by atoms with Crippen molar-refractivity contribution in [3.05, 3.63) is 48.0 Å². The standard InChI is InChI=1S/C22H24N4O6/c1-29-15-5-6-16(18(14-15)30-2)22(28)26-11-9-25(10-12-26)20(27)8-7-19-23-21(24-32-19)17-4-3-13-31-17/h3-6,13-14H,7-12H2,1-2H3. The zero-order valence-electron chi connectivity index (χ0n) is 17.9. The molecular weight excluding hydrogens is 416 g/mol. The summed E-state index contributed by atoms with van der Waals surface area (Å²) < 4.78 is 21.0. The van der Waals surface area contributed by atoms with Crippen molar-refractivity contribution in [2.24, 2.45) is 0 Å². The fourth-order valence-electron chi connectivity index (χ4n) is 3.54. The van der Waals surface area contributed by atoms with E-state index in [4.69, 9.17) is 18.4 Å². The van der Waals surface area contributed by atoms with Gasteiger partial charge < -0.3 is 28.2 Å². The molecule has 10 heteroatoms. The number of aryl methyl sites for hydroxylation is 1. The molecule has 1 aliphatic rings. The van der Waals surface area contributed by atoms with Crippen molar-refractivity contribution in [1.82, 2.24) is 19.9 Å². The Morgan fingerprint density at radius 2 is 1.84 bits per heavy atom. The molecule has 1 saturated heterocycles. The maximum Gasteiger partial charge on any atom is 0.257 e. The lowest BCUT2D eigenvalue weighted by atomic mass is 10.1. The molecule has 0 unspecified atom stereocenters. The van der Waals surface area contributed by atoms with Crippen LogP contribution in [0.4, 0.5) is 0 Å². The first kappa shape index (κ1) is 21.4. The molecule has 0 radical (unpaired) electrons. The molecule has 0 saturated carbocycles. The van der Waals surface area contributed by atoms with Gasteiger partial charge in [-0.25, -0.2) is 0 Å². The van der Waals surface area contributed by atoms with Gasteiger partial charge in [0.1, 0.15) is 11.5 Å². The Bertz CT molecular complexity index is 1070. The minimum Gasteiger partial charge on any atom is -0.497 e. The zero-order valence-corrected chi connectivity index (χ0v) is 17.9. The van der Waals surface area contributed by atoms with Crippen LogP contribution in [0.2, 0.25) is 0 Å². The molecule has 168 valence electrons. The largest absolute Gasteiger partial charge is 0.497 e. The molecular formula is C22H24N4O6. The van der Waals surface area contributed by atoms with Crippen LogP contribution in [0.15, 0.2) is 45.5 Å². The predicted octanol–water partition coefficient (Wildman–Crippen LogP) is 2.26. The van der Waals surface area contributed by atoms with E-state index in [0.717, 1.165) is 0 Å². The van der Waals surface area contributed by atoms with Crippen LogP contribution in [-0.2, 0) is 11.2 Å². The van der Waals surface area contributed by atoms with Gasteiger partial charge in [-0.3, -0.25) is 9.59 Å². The highest BCUT2D eigenvalue weighted by molar-refractivity contribution is 5.97. The number of benzene rings is 1. The van der Waals surface area contributed by atoms with E-state index in [9.17, 15) is 9.59 Å². The molecule has 32 heavy (non-hydrogen) atoms. The lowest BCUT2D eigenvalue weighted by Gasteiger charge is -2.35. The molecule has 0 atom stereocenters. The lowest BCUT2D eigenvalue weighted by molar-refractivity contribution is -0.132. The molecule has 1 aromatic carbocycles. The molecule has 2 aromatic heterocycles. The number of rotatable bonds is 7. The average Bonchev–Trinajstić information content (AvgIpc) is 3.54. The summed E-state index contributed by atoms with van der Waals surface area (Å²) in [6, 6.07) is 8.58. The summed E-state index contributed by atoms with van der Waals surface area (Å²) in [4.78, 5) is 33.3. The van der Waals surface area contributed by atoms with Gasteiger partial charge in [-0.15, -0.1) is 0 Å². The number of carbonyl (C=O) groups excluding carboxylic acids is 2. The monoisotopic (exact) mass is 440 g/mol. The highest BCUT2D eigenvalue weighted by Crippen LogP contribution is 2.26. The van der Waals surface area contributed by atoms with Crippen LogP contribution in [-0.4, -0.2) is 72.2 Å². The van der Waals surface area contributed by atoms with Crippen molar-refractivity contribution in [2.45, 2.75) is 12.8 Å². The van der Waals surface area contributed by atoms with Crippen molar-refractivity contribution in [3.63, 3.8) is 0 Å². The molecule has 3 heterocycles. The van der Waals surface area contributed by atoms with E-state index in [1.54, 1.807) is 47.2 Å². The summed E-state index contributed by atoms with van der Waals surface area (Å²) in [6.07, 6.45) is 2.12. The Morgan fingerprint density at radius 1 is 1.06 bits per heavy atom. The van der Waals surface area contributed by atoms with Gasteiger partial charge in [-0.05, 0) is 24.3 Å². The second kappa shape index (κ2) is 9.54. The van der Waals surface area contributed by atoms with Gasteiger partial charge in [-0.1, -0.05) is 5.16 Å². The molecule has 2 amide bonds. The summed E-state index contributed by atoms with van der Waals surface area (Å²) in [5.74, 6) is 2.18. The molecule has 0 bridgehead atoms. The summed E-state index contributed by atoms with van der Waals surface area (Å²) >= 11 is 0. The quantitative estimate of drug-likeness (QED) is 0.550. The smallest absolute Gasteiger partial charge is 0.257 e. The topological polar surface area (TPSA) is 111 Å². The maximum absolute atomic E-state index is 12.9. The second-order valence-electron chi connectivity index (χ2n) is 7.23. The molecule has 1 fully saturated rings. The van der Waals surface area contributed by atoms with Gasteiger partial charge in [-0.2, -0.15) is 4.98 Å². The first-order valence-corrected chi connectivity index (χ1v) is 10.2. The van der Waals surface area contributed by atoms with Crippen molar-refractivity contribution in [2.75, 3.05) is 40.4 Å². The van der Waals surface area contributed by atoms with Gasteiger partial charge in [0.15, 0.2) is 5.76 Å². The summed E-state index contributed by atoms with van der Waals surface area (Å²) in [5, 5.41) is 3.87. The number of hydrogen-bond donors (Lipinski definition) is 0. The Morgan fingerprint density at radius 3 is 2.53 bits per heavy atom. The van der Waals surface area contributed by atoms with E-state index in [0.29, 0.717) is 67.1 Å². The van der Waals surface area contributed by atoms with E-state index in [-0.39, 0.29) is 18.2 Å².